The van der Waals surface area contributed by atoms with Gasteiger partial charge in [-0.2, -0.15) is 13.2 Å². The second-order valence-electron chi connectivity index (χ2n) is 8.58. The fourth-order valence-electron chi connectivity index (χ4n) is 3.73. The predicted molar refractivity (Wildman–Crippen MR) is 134 cm³/mol. The van der Waals surface area contributed by atoms with Crippen molar-refractivity contribution < 1.29 is 37.1 Å². The number of imidazole rings is 1. The highest BCUT2D eigenvalue weighted by Crippen LogP contribution is 2.26. The van der Waals surface area contributed by atoms with Gasteiger partial charge in [0.15, 0.2) is 0 Å². The van der Waals surface area contributed by atoms with Crippen molar-refractivity contribution in [3.63, 3.8) is 0 Å². The molecule has 12 nitrogen and oxygen atoms in total. The summed E-state index contributed by atoms with van der Waals surface area (Å²) in [6.45, 7) is -0.244. The van der Waals surface area contributed by atoms with Crippen molar-refractivity contribution in [1.29, 1.82) is 0 Å². The van der Waals surface area contributed by atoms with E-state index < -0.39 is 48.4 Å². The molecule has 1 aromatic carbocycles. The number of hydrogen-bond acceptors (Lipinski definition) is 6. The molecule has 0 bridgehead atoms. The van der Waals surface area contributed by atoms with Crippen molar-refractivity contribution in [1.82, 2.24) is 30.2 Å². The fraction of sp³-hybridized carbons (Fsp3) is 0.333. The molecule has 0 saturated heterocycles. The third-order valence-electron chi connectivity index (χ3n) is 5.60. The summed E-state index contributed by atoms with van der Waals surface area (Å²) in [5.41, 5.74) is -0.677. The summed E-state index contributed by atoms with van der Waals surface area (Å²) < 4.78 is 53.1. The van der Waals surface area contributed by atoms with E-state index in [2.05, 4.69) is 25.6 Å². The Labute approximate surface area is 223 Å². The number of aryl methyl sites for hydroxylation is 1. The summed E-state index contributed by atoms with van der Waals surface area (Å²) in [6.07, 6.45) is -2.54. The fourth-order valence-corrected chi connectivity index (χ4v) is 3.73. The van der Waals surface area contributed by atoms with Crippen LogP contribution >= 0.6 is 0 Å². The van der Waals surface area contributed by atoms with Crippen LogP contribution in [-0.2, 0) is 22.6 Å². The number of benzene rings is 1. The van der Waals surface area contributed by atoms with Gasteiger partial charge in [-0.05, 0) is 37.0 Å². The molecule has 3 amide bonds. The third-order valence-corrected chi connectivity index (χ3v) is 5.60. The minimum atomic E-state index is -4.44. The van der Waals surface area contributed by atoms with Gasteiger partial charge in [-0.1, -0.05) is 6.08 Å². The Morgan fingerprint density at radius 3 is 2.67 bits per heavy atom. The molecular weight excluding hydrogens is 542 g/mol. The standard InChI is InChI=1S/C24H25F4N7O5/c1-29-19(36)5-3-2-4-15(33-23(39)40)21(37)32-17-10-30-12-35(22(17)38)11-18-31-16-9-14(25)8-13(20(16)34-18)6-7-24(26,27)28/h3,5,8-10,12,15,33H,2,4,6-7,11H2,1H3,(H,29,36)(H,31,34)(H,32,37)(H,39,40). The average molecular weight is 568 g/mol. The zero-order valence-electron chi connectivity index (χ0n) is 21.0. The van der Waals surface area contributed by atoms with E-state index in [0.717, 1.165) is 29.2 Å². The quantitative estimate of drug-likeness (QED) is 0.175. The van der Waals surface area contributed by atoms with E-state index in [1.807, 2.05) is 5.32 Å². The first-order valence-corrected chi connectivity index (χ1v) is 11.8. The van der Waals surface area contributed by atoms with Crippen molar-refractivity contribution in [2.24, 2.45) is 0 Å². The topological polar surface area (TPSA) is 171 Å². The number of rotatable bonds is 11. The Balaban J connectivity index is 1.78. The minimum Gasteiger partial charge on any atom is -0.465 e. The van der Waals surface area contributed by atoms with Crippen molar-refractivity contribution in [3.05, 3.63) is 64.4 Å². The number of carbonyl (C=O) groups is 3. The highest BCUT2D eigenvalue weighted by atomic mass is 19.4. The lowest BCUT2D eigenvalue weighted by atomic mass is 10.1. The molecular formula is C24H25F4N7O5. The summed E-state index contributed by atoms with van der Waals surface area (Å²) in [4.78, 5) is 59.0. The van der Waals surface area contributed by atoms with Crippen molar-refractivity contribution >= 4 is 34.6 Å². The minimum absolute atomic E-state index is 0.0215. The van der Waals surface area contributed by atoms with E-state index in [1.165, 1.54) is 19.2 Å². The highest BCUT2D eigenvalue weighted by molar-refractivity contribution is 5.96. The summed E-state index contributed by atoms with van der Waals surface area (Å²) >= 11 is 0. The number of fused-ring (bicyclic) bond motifs is 1. The number of nitrogens with one attached hydrogen (secondary N) is 4. The lowest BCUT2D eigenvalue weighted by molar-refractivity contribution is -0.134. The van der Waals surface area contributed by atoms with Crippen LogP contribution in [0.1, 0.15) is 30.7 Å². The number of alkyl halides is 3. The maximum Gasteiger partial charge on any atom is 0.405 e. The first-order chi connectivity index (χ1) is 18.9. The number of carboxylic acid groups (broad SMARTS) is 1. The maximum absolute atomic E-state index is 14.0. The third kappa shape index (κ3) is 8.37. The molecule has 0 fully saturated rings. The van der Waals surface area contributed by atoms with Gasteiger partial charge in [0.1, 0.15) is 23.4 Å². The normalized spacial score (nSPS) is 12.4. The lowest BCUT2D eigenvalue weighted by Gasteiger charge is -2.16. The number of allylic oxidation sites excluding steroid dienone is 1. The predicted octanol–water partition coefficient (Wildman–Crippen LogP) is 2.46. The monoisotopic (exact) mass is 567 g/mol. The zero-order valence-corrected chi connectivity index (χ0v) is 21.0. The molecule has 3 aromatic rings. The number of likely N-dealkylation sites (N-methyl/N-ethyl adjacent to an activating group) is 1. The molecule has 5 N–H and O–H groups in total. The smallest absolute Gasteiger partial charge is 0.405 e. The number of hydrogen-bond donors (Lipinski definition) is 5. The van der Waals surface area contributed by atoms with Gasteiger partial charge in [0.2, 0.25) is 11.8 Å². The first kappa shape index (κ1) is 29.8. The Bertz CT molecular complexity index is 1480. The summed E-state index contributed by atoms with van der Waals surface area (Å²) in [7, 11) is 1.43. The van der Waals surface area contributed by atoms with Gasteiger partial charge in [0.25, 0.3) is 5.56 Å². The first-order valence-electron chi connectivity index (χ1n) is 11.8. The number of amides is 3. The van der Waals surface area contributed by atoms with Crippen molar-refractivity contribution in [2.45, 2.75) is 44.4 Å². The molecule has 2 heterocycles. The summed E-state index contributed by atoms with van der Waals surface area (Å²) in [5.74, 6) is -1.87. The number of anilines is 1. The van der Waals surface area contributed by atoms with Gasteiger partial charge in [-0.25, -0.2) is 19.2 Å². The van der Waals surface area contributed by atoms with Crippen LogP contribution in [0.25, 0.3) is 11.0 Å². The highest BCUT2D eigenvalue weighted by Gasteiger charge is 2.27. The van der Waals surface area contributed by atoms with Gasteiger partial charge in [0.05, 0.1) is 30.1 Å². The van der Waals surface area contributed by atoms with E-state index in [-0.39, 0.29) is 53.4 Å². The van der Waals surface area contributed by atoms with Gasteiger partial charge in [0, 0.05) is 19.5 Å². The van der Waals surface area contributed by atoms with E-state index in [1.54, 1.807) is 0 Å². The number of aromatic nitrogens is 4. The van der Waals surface area contributed by atoms with Crippen LogP contribution < -0.4 is 21.5 Å². The molecule has 0 radical (unpaired) electrons. The van der Waals surface area contributed by atoms with Gasteiger partial charge in [-0.15, -0.1) is 0 Å². The summed E-state index contributed by atoms with van der Waals surface area (Å²) in [5, 5.41) is 15.8. The molecule has 3 rings (SSSR count). The van der Waals surface area contributed by atoms with Crippen LogP contribution in [0.4, 0.5) is 28.0 Å². The Morgan fingerprint density at radius 2 is 2.00 bits per heavy atom. The van der Waals surface area contributed by atoms with E-state index >= 15 is 0 Å². The van der Waals surface area contributed by atoms with Crippen LogP contribution in [0, 0.1) is 5.82 Å². The molecule has 0 aliphatic carbocycles. The molecule has 0 aliphatic rings. The van der Waals surface area contributed by atoms with Crippen LogP contribution in [0.3, 0.4) is 0 Å². The van der Waals surface area contributed by atoms with Crippen LogP contribution in [0.2, 0.25) is 0 Å². The summed E-state index contributed by atoms with van der Waals surface area (Å²) in [6, 6.07) is 0.764. The number of aromatic amines is 1. The SMILES string of the molecule is CNC(=O)C=CCCC(NC(=O)O)C(=O)Nc1cncn(Cc2nc3cc(F)cc(CCC(F)(F)F)c3[nH]2)c1=O. The number of halogens is 4. The van der Waals surface area contributed by atoms with E-state index in [0.29, 0.717) is 0 Å². The molecule has 1 unspecified atom stereocenters. The molecule has 1 atom stereocenters. The van der Waals surface area contributed by atoms with Crippen molar-refractivity contribution in [2.75, 3.05) is 12.4 Å². The molecule has 16 heteroatoms. The Hall–Kier alpha value is -4.76. The second kappa shape index (κ2) is 12.9. The Kier molecular flexibility index (Phi) is 9.58. The second-order valence-corrected chi connectivity index (χ2v) is 8.58. The maximum atomic E-state index is 14.0. The van der Waals surface area contributed by atoms with Crippen molar-refractivity contribution in [3.8, 4) is 0 Å². The molecule has 2 aromatic heterocycles. The van der Waals surface area contributed by atoms with Crippen LogP contribution in [-0.4, -0.2) is 61.8 Å². The molecule has 214 valence electrons. The molecule has 0 spiro atoms. The average Bonchev–Trinajstić information content (AvgIpc) is 3.28. The number of nitrogens with zero attached hydrogens (tertiary/aromatic N) is 3. The molecule has 0 aliphatic heterocycles. The number of H-pyrrole nitrogens is 1. The lowest BCUT2D eigenvalue weighted by Crippen LogP contribution is -2.44. The van der Waals surface area contributed by atoms with E-state index in [4.69, 9.17) is 5.11 Å². The van der Waals surface area contributed by atoms with Gasteiger partial charge >= 0.3 is 12.3 Å². The van der Waals surface area contributed by atoms with Crippen LogP contribution in [0.15, 0.2) is 41.6 Å². The zero-order chi connectivity index (χ0) is 29.4. The molecule has 0 saturated carbocycles. The van der Waals surface area contributed by atoms with Gasteiger partial charge < -0.3 is 26.0 Å². The van der Waals surface area contributed by atoms with E-state index in [9.17, 15) is 36.7 Å². The largest absolute Gasteiger partial charge is 0.465 e. The molecule has 40 heavy (non-hydrogen) atoms. The van der Waals surface area contributed by atoms with Crippen LogP contribution in [0.5, 0.6) is 0 Å². The van der Waals surface area contributed by atoms with Gasteiger partial charge in [-0.3, -0.25) is 19.0 Å². The Morgan fingerprint density at radius 1 is 1.25 bits per heavy atom. The number of carbonyl (C=O) groups excluding carboxylic acids is 2.